The summed E-state index contributed by atoms with van der Waals surface area (Å²) in [5.74, 6) is 0. The minimum atomic E-state index is -3.99. The summed E-state index contributed by atoms with van der Waals surface area (Å²) in [6.07, 6.45) is 4.84. The highest BCUT2D eigenvalue weighted by atomic mass is 35.5. The SMILES string of the molecule is O=S(=O)(NC1CC1)c1ccc(S(=O)(=O)N(Cc2cccnc2)c2ccc(Cl)cc2)cc1. The van der Waals surface area contributed by atoms with Gasteiger partial charge in [0.1, 0.15) is 0 Å². The number of nitrogens with one attached hydrogen (secondary N) is 1. The third-order valence-corrected chi connectivity index (χ3v) is 8.36. The largest absolute Gasteiger partial charge is 0.264 e. The number of aromatic nitrogens is 1. The second-order valence-electron chi connectivity index (χ2n) is 7.22. The van der Waals surface area contributed by atoms with Crippen LogP contribution in [0.1, 0.15) is 18.4 Å². The average molecular weight is 478 g/mol. The molecule has 0 bridgehead atoms. The van der Waals surface area contributed by atoms with Gasteiger partial charge in [0.25, 0.3) is 10.0 Å². The summed E-state index contributed by atoms with van der Waals surface area (Å²) in [6, 6.07) is 15.2. The predicted molar refractivity (Wildman–Crippen MR) is 119 cm³/mol. The zero-order valence-corrected chi connectivity index (χ0v) is 18.7. The lowest BCUT2D eigenvalue weighted by Gasteiger charge is -2.25. The van der Waals surface area contributed by atoms with E-state index in [9.17, 15) is 16.8 Å². The van der Waals surface area contributed by atoms with Crippen LogP contribution in [-0.4, -0.2) is 27.9 Å². The molecule has 0 unspecified atom stereocenters. The van der Waals surface area contributed by atoms with E-state index in [4.69, 9.17) is 11.6 Å². The van der Waals surface area contributed by atoms with E-state index in [1.54, 1.807) is 48.8 Å². The van der Waals surface area contributed by atoms with E-state index < -0.39 is 20.0 Å². The Bertz CT molecular complexity index is 1260. The van der Waals surface area contributed by atoms with E-state index >= 15 is 0 Å². The number of nitrogens with zero attached hydrogens (tertiary/aromatic N) is 2. The number of rotatable bonds is 8. The van der Waals surface area contributed by atoms with Gasteiger partial charge < -0.3 is 0 Å². The first-order valence-corrected chi connectivity index (χ1v) is 12.9. The summed E-state index contributed by atoms with van der Waals surface area (Å²) in [4.78, 5) is 4.07. The Morgan fingerprint density at radius 1 is 0.935 bits per heavy atom. The van der Waals surface area contributed by atoms with Crippen LogP contribution in [-0.2, 0) is 26.6 Å². The fourth-order valence-corrected chi connectivity index (χ4v) is 5.87. The molecule has 1 N–H and O–H groups in total. The Hall–Kier alpha value is -2.46. The quantitative estimate of drug-likeness (QED) is 0.535. The molecule has 0 spiro atoms. The first kappa shape index (κ1) is 21.8. The molecule has 31 heavy (non-hydrogen) atoms. The van der Waals surface area contributed by atoms with E-state index in [0.717, 1.165) is 12.8 Å². The number of sulfonamides is 2. The summed E-state index contributed by atoms with van der Waals surface area (Å²) in [5, 5.41) is 0.486. The van der Waals surface area contributed by atoms with Gasteiger partial charge in [-0.25, -0.2) is 21.6 Å². The molecular formula is C21H20ClN3O4S2. The Kier molecular flexibility index (Phi) is 6.02. The van der Waals surface area contributed by atoms with Gasteiger partial charge in [-0.15, -0.1) is 0 Å². The van der Waals surface area contributed by atoms with Crippen LogP contribution in [0.15, 0.2) is 82.8 Å². The van der Waals surface area contributed by atoms with Crippen molar-refractivity contribution in [3.05, 3.63) is 83.6 Å². The van der Waals surface area contributed by atoms with Crippen molar-refractivity contribution >= 4 is 37.3 Å². The lowest BCUT2D eigenvalue weighted by Crippen LogP contribution is -2.31. The van der Waals surface area contributed by atoms with Crippen LogP contribution >= 0.6 is 11.6 Å². The Morgan fingerprint density at radius 2 is 1.58 bits per heavy atom. The molecule has 0 radical (unpaired) electrons. The molecule has 0 atom stereocenters. The van der Waals surface area contributed by atoms with Crippen molar-refractivity contribution in [3.63, 3.8) is 0 Å². The van der Waals surface area contributed by atoms with Crippen LogP contribution in [0.4, 0.5) is 5.69 Å². The maximum Gasteiger partial charge on any atom is 0.264 e. The van der Waals surface area contributed by atoms with E-state index in [2.05, 4.69) is 9.71 Å². The van der Waals surface area contributed by atoms with Crippen molar-refractivity contribution in [3.8, 4) is 0 Å². The third-order valence-electron chi connectivity index (χ3n) is 4.78. The lowest BCUT2D eigenvalue weighted by atomic mass is 10.2. The lowest BCUT2D eigenvalue weighted by molar-refractivity contribution is 0.579. The van der Waals surface area contributed by atoms with Crippen molar-refractivity contribution in [2.75, 3.05) is 4.31 Å². The molecule has 10 heteroatoms. The van der Waals surface area contributed by atoms with Crippen LogP contribution in [0.2, 0.25) is 5.02 Å². The summed E-state index contributed by atoms with van der Waals surface area (Å²) in [7, 11) is -7.66. The highest BCUT2D eigenvalue weighted by molar-refractivity contribution is 7.92. The first-order valence-electron chi connectivity index (χ1n) is 9.55. The number of anilines is 1. The second-order valence-corrected chi connectivity index (χ2v) is 11.2. The molecule has 4 rings (SSSR count). The summed E-state index contributed by atoms with van der Waals surface area (Å²) < 4.78 is 55.5. The van der Waals surface area contributed by atoms with Gasteiger partial charge in [-0.05, 0) is 73.0 Å². The van der Waals surface area contributed by atoms with Gasteiger partial charge in [-0.2, -0.15) is 0 Å². The van der Waals surface area contributed by atoms with Gasteiger partial charge in [-0.3, -0.25) is 9.29 Å². The number of halogens is 1. The monoisotopic (exact) mass is 477 g/mol. The Labute approximate surface area is 186 Å². The van der Waals surface area contributed by atoms with Crippen molar-refractivity contribution < 1.29 is 16.8 Å². The van der Waals surface area contributed by atoms with E-state index in [-0.39, 0.29) is 22.4 Å². The smallest absolute Gasteiger partial charge is 0.264 e. The highest BCUT2D eigenvalue weighted by Gasteiger charge is 2.29. The summed E-state index contributed by atoms with van der Waals surface area (Å²) in [6.45, 7) is 0.0566. The molecule has 7 nitrogen and oxygen atoms in total. The molecule has 1 aromatic heterocycles. The molecule has 1 fully saturated rings. The predicted octanol–water partition coefficient (Wildman–Crippen LogP) is 3.57. The molecule has 1 heterocycles. The zero-order valence-electron chi connectivity index (χ0n) is 16.3. The van der Waals surface area contributed by atoms with Gasteiger partial charge in [0, 0.05) is 23.5 Å². The molecule has 0 saturated heterocycles. The standard InChI is InChI=1S/C21H20ClN3O4S2/c22-17-3-7-19(8-4-17)25(15-16-2-1-13-23-14-16)31(28,29)21-11-9-20(10-12-21)30(26,27)24-18-5-6-18/h1-4,7-14,18,24H,5-6,15H2. The molecule has 1 aliphatic rings. The Morgan fingerprint density at radius 3 is 2.16 bits per heavy atom. The average Bonchev–Trinajstić information content (AvgIpc) is 3.57. The van der Waals surface area contributed by atoms with Crippen molar-refractivity contribution in [2.45, 2.75) is 35.2 Å². The normalized spacial score (nSPS) is 14.4. The third kappa shape index (κ3) is 5.07. The van der Waals surface area contributed by atoms with E-state index in [0.29, 0.717) is 16.3 Å². The Balaban J connectivity index is 1.68. The summed E-state index contributed by atoms with van der Waals surface area (Å²) >= 11 is 5.97. The van der Waals surface area contributed by atoms with Gasteiger partial charge >= 0.3 is 0 Å². The summed E-state index contributed by atoms with van der Waals surface area (Å²) in [5.41, 5.74) is 1.13. The first-order chi connectivity index (χ1) is 14.8. The van der Waals surface area contributed by atoms with Gasteiger partial charge in [0.05, 0.1) is 22.0 Å². The molecule has 0 amide bonds. The van der Waals surface area contributed by atoms with Crippen LogP contribution in [0, 0.1) is 0 Å². The minimum Gasteiger partial charge on any atom is -0.264 e. The molecule has 162 valence electrons. The zero-order chi connectivity index (χ0) is 22.1. The molecular weight excluding hydrogens is 458 g/mol. The molecule has 1 aliphatic carbocycles. The molecule has 0 aliphatic heterocycles. The topological polar surface area (TPSA) is 96.4 Å². The number of pyridine rings is 1. The van der Waals surface area contributed by atoms with E-state index in [1.165, 1.54) is 28.6 Å². The van der Waals surface area contributed by atoms with E-state index in [1.807, 2.05) is 0 Å². The molecule has 1 saturated carbocycles. The molecule has 3 aromatic rings. The fraction of sp³-hybridized carbons (Fsp3) is 0.190. The van der Waals surface area contributed by atoms with Gasteiger partial charge in [-0.1, -0.05) is 17.7 Å². The maximum atomic E-state index is 13.5. The number of hydrogen-bond acceptors (Lipinski definition) is 5. The molecule has 2 aromatic carbocycles. The number of benzene rings is 2. The highest BCUT2D eigenvalue weighted by Crippen LogP contribution is 2.28. The maximum absolute atomic E-state index is 13.5. The van der Waals surface area contributed by atoms with Crippen LogP contribution < -0.4 is 9.03 Å². The van der Waals surface area contributed by atoms with Crippen molar-refractivity contribution in [2.24, 2.45) is 0 Å². The minimum absolute atomic E-state index is 0.0169. The van der Waals surface area contributed by atoms with Crippen LogP contribution in [0.25, 0.3) is 0 Å². The van der Waals surface area contributed by atoms with Gasteiger partial charge in [0.2, 0.25) is 10.0 Å². The fourth-order valence-electron chi connectivity index (χ4n) is 2.99. The van der Waals surface area contributed by atoms with Gasteiger partial charge in [0.15, 0.2) is 0 Å². The number of hydrogen-bond donors (Lipinski definition) is 1. The van der Waals surface area contributed by atoms with Crippen LogP contribution in [0.3, 0.4) is 0 Å². The van der Waals surface area contributed by atoms with Crippen molar-refractivity contribution in [1.82, 2.24) is 9.71 Å². The second kappa shape index (κ2) is 8.58. The van der Waals surface area contributed by atoms with Crippen molar-refractivity contribution in [1.29, 1.82) is 0 Å². The van der Waals surface area contributed by atoms with Crippen LogP contribution in [0.5, 0.6) is 0 Å².